The third kappa shape index (κ3) is 4.85. The molecule has 0 heterocycles. The standard InChI is InChI=1S/C15H16BrNO2S2/c1-12-6-8-13(9-7-12)20-11-10-17-21(18,19)15-5-3-2-4-14(15)16/h2-9,17H,10-11H2,1H3. The zero-order chi connectivity index (χ0) is 15.3. The topological polar surface area (TPSA) is 46.2 Å². The molecule has 0 saturated heterocycles. The highest BCUT2D eigenvalue weighted by Gasteiger charge is 2.15. The molecule has 0 bridgehead atoms. The molecule has 0 fully saturated rings. The van der Waals surface area contributed by atoms with Crippen LogP contribution < -0.4 is 4.72 Å². The average molecular weight is 386 g/mol. The molecule has 1 N–H and O–H groups in total. The number of hydrogen-bond acceptors (Lipinski definition) is 3. The minimum atomic E-state index is -3.46. The molecule has 0 aliphatic heterocycles. The summed E-state index contributed by atoms with van der Waals surface area (Å²) in [6, 6.07) is 15.0. The van der Waals surface area contributed by atoms with Gasteiger partial charge in [0, 0.05) is 21.7 Å². The summed E-state index contributed by atoms with van der Waals surface area (Å²) < 4.78 is 27.5. The van der Waals surface area contributed by atoms with Crippen LogP contribution in [0.1, 0.15) is 5.56 Å². The molecule has 2 aromatic carbocycles. The van der Waals surface area contributed by atoms with Gasteiger partial charge < -0.3 is 0 Å². The van der Waals surface area contributed by atoms with Crippen LogP contribution in [0.2, 0.25) is 0 Å². The summed E-state index contributed by atoms with van der Waals surface area (Å²) in [5.41, 5.74) is 1.22. The van der Waals surface area contributed by atoms with Gasteiger partial charge >= 0.3 is 0 Å². The van der Waals surface area contributed by atoms with Crippen molar-refractivity contribution < 1.29 is 8.42 Å². The molecule has 2 rings (SSSR count). The summed E-state index contributed by atoms with van der Waals surface area (Å²) in [6.07, 6.45) is 0. The largest absolute Gasteiger partial charge is 0.241 e. The Kier molecular flexibility index (Phi) is 5.87. The molecule has 0 saturated carbocycles. The summed E-state index contributed by atoms with van der Waals surface area (Å²) >= 11 is 4.89. The zero-order valence-corrected chi connectivity index (χ0v) is 14.8. The van der Waals surface area contributed by atoms with Crippen molar-refractivity contribution in [1.29, 1.82) is 0 Å². The van der Waals surface area contributed by atoms with E-state index in [1.807, 2.05) is 31.2 Å². The van der Waals surface area contributed by atoms with Gasteiger partial charge in [0.1, 0.15) is 0 Å². The van der Waals surface area contributed by atoms with Crippen LogP contribution in [0, 0.1) is 6.92 Å². The van der Waals surface area contributed by atoms with E-state index in [0.29, 0.717) is 16.8 Å². The van der Waals surface area contributed by atoms with E-state index in [1.165, 1.54) is 5.56 Å². The Morgan fingerprint density at radius 2 is 1.76 bits per heavy atom. The van der Waals surface area contributed by atoms with Crippen LogP contribution in [-0.4, -0.2) is 20.7 Å². The fourth-order valence-electron chi connectivity index (χ4n) is 1.72. The smallest absolute Gasteiger partial charge is 0.210 e. The monoisotopic (exact) mass is 385 g/mol. The highest BCUT2D eigenvalue weighted by Crippen LogP contribution is 2.21. The Balaban J connectivity index is 1.88. The van der Waals surface area contributed by atoms with E-state index in [2.05, 4.69) is 20.7 Å². The lowest BCUT2D eigenvalue weighted by Gasteiger charge is -2.08. The van der Waals surface area contributed by atoms with Gasteiger partial charge in [-0.25, -0.2) is 13.1 Å². The van der Waals surface area contributed by atoms with Gasteiger partial charge in [0.2, 0.25) is 10.0 Å². The summed E-state index contributed by atoms with van der Waals surface area (Å²) in [7, 11) is -3.46. The molecule has 21 heavy (non-hydrogen) atoms. The van der Waals surface area contributed by atoms with Crippen LogP contribution in [0.25, 0.3) is 0 Å². The van der Waals surface area contributed by atoms with Crippen molar-refractivity contribution in [3.63, 3.8) is 0 Å². The highest BCUT2D eigenvalue weighted by molar-refractivity contribution is 9.10. The van der Waals surface area contributed by atoms with Crippen molar-refractivity contribution in [2.75, 3.05) is 12.3 Å². The molecule has 0 spiro atoms. The maximum atomic E-state index is 12.2. The molecule has 0 unspecified atom stereocenters. The second-order valence-corrected chi connectivity index (χ2v) is 8.25. The first-order chi connectivity index (χ1) is 9.99. The number of halogens is 1. The molecule has 0 aliphatic carbocycles. The predicted molar refractivity (Wildman–Crippen MR) is 91.2 cm³/mol. The molecule has 3 nitrogen and oxygen atoms in total. The summed E-state index contributed by atoms with van der Waals surface area (Å²) in [4.78, 5) is 1.41. The molecular weight excluding hydrogens is 370 g/mol. The van der Waals surface area contributed by atoms with Crippen LogP contribution in [0.3, 0.4) is 0 Å². The molecule has 0 aliphatic rings. The number of rotatable bonds is 6. The normalized spacial score (nSPS) is 11.5. The van der Waals surface area contributed by atoms with Gasteiger partial charge in [0.25, 0.3) is 0 Å². The number of thioether (sulfide) groups is 1. The van der Waals surface area contributed by atoms with Crippen molar-refractivity contribution in [1.82, 2.24) is 4.72 Å². The van der Waals surface area contributed by atoms with Crippen molar-refractivity contribution >= 4 is 37.7 Å². The first-order valence-corrected chi connectivity index (χ1v) is 9.69. The maximum Gasteiger partial charge on any atom is 0.241 e. The van der Waals surface area contributed by atoms with Crippen molar-refractivity contribution in [2.45, 2.75) is 16.7 Å². The van der Waals surface area contributed by atoms with Gasteiger partial charge in [-0.05, 0) is 47.1 Å². The van der Waals surface area contributed by atoms with E-state index in [0.717, 1.165) is 4.90 Å². The highest BCUT2D eigenvalue weighted by atomic mass is 79.9. The number of sulfonamides is 1. The third-order valence-corrected chi connectivity index (χ3v) is 6.30. The number of hydrogen-bond donors (Lipinski definition) is 1. The predicted octanol–water partition coefficient (Wildman–Crippen LogP) is 3.83. The Hall–Kier alpha value is -0.820. The molecule has 112 valence electrons. The minimum absolute atomic E-state index is 0.269. The van der Waals surface area contributed by atoms with E-state index in [9.17, 15) is 8.42 Å². The average Bonchev–Trinajstić information content (AvgIpc) is 2.46. The minimum Gasteiger partial charge on any atom is -0.210 e. The van der Waals surface area contributed by atoms with Crippen molar-refractivity contribution in [2.24, 2.45) is 0 Å². The van der Waals surface area contributed by atoms with Crippen LogP contribution in [-0.2, 0) is 10.0 Å². The van der Waals surface area contributed by atoms with Gasteiger partial charge in [-0.2, -0.15) is 0 Å². The Morgan fingerprint density at radius 1 is 1.10 bits per heavy atom. The molecule has 0 atom stereocenters. The first kappa shape index (κ1) is 16.5. The van der Waals surface area contributed by atoms with Crippen LogP contribution in [0.5, 0.6) is 0 Å². The lowest BCUT2D eigenvalue weighted by atomic mass is 10.2. The number of aryl methyl sites for hydroxylation is 1. The second kappa shape index (κ2) is 7.45. The molecule has 0 radical (unpaired) electrons. The van der Waals surface area contributed by atoms with E-state index in [-0.39, 0.29) is 4.90 Å². The van der Waals surface area contributed by atoms with Gasteiger partial charge in [-0.15, -0.1) is 11.8 Å². The molecule has 2 aromatic rings. The lowest BCUT2D eigenvalue weighted by Crippen LogP contribution is -2.26. The van der Waals surface area contributed by atoms with E-state index in [1.54, 1.807) is 36.0 Å². The van der Waals surface area contributed by atoms with Gasteiger partial charge in [-0.1, -0.05) is 29.8 Å². The fraction of sp³-hybridized carbons (Fsp3) is 0.200. The van der Waals surface area contributed by atoms with Gasteiger partial charge in [-0.3, -0.25) is 0 Å². The van der Waals surface area contributed by atoms with Crippen LogP contribution >= 0.6 is 27.7 Å². The lowest BCUT2D eigenvalue weighted by molar-refractivity contribution is 0.583. The van der Waals surface area contributed by atoms with Crippen LogP contribution in [0.15, 0.2) is 62.8 Å². The molecular formula is C15H16BrNO2S2. The zero-order valence-electron chi connectivity index (χ0n) is 11.5. The third-order valence-electron chi connectivity index (χ3n) is 2.81. The van der Waals surface area contributed by atoms with E-state index in [4.69, 9.17) is 0 Å². The summed E-state index contributed by atoms with van der Waals surface area (Å²) in [5, 5.41) is 0. The van der Waals surface area contributed by atoms with Gasteiger partial charge in [0.15, 0.2) is 0 Å². The Morgan fingerprint density at radius 3 is 2.43 bits per heavy atom. The molecule has 0 aromatic heterocycles. The number of benzene rings is 2. The number of nitrogens with one attached hydrogen (secondary N) is 1. The van der Waals surface area contributed by atoms with Gasteiger partial charge in [0.05, 0.1) is 4.90 Å². The van der Waals surface area contributed by atoms with Crippen molar-refractivity contribution in [3.05, 3.63) is 58.6 Å². The summed E-state index contributed by atoms with van der Waals surface area (Å²) in [5.74, 6) is 0.687. The maximum absolute atomic E-state index is 12.2. The fourth-order valence-corrected chi connectivity index (χ4v) is 4.65. The van der Waals surface area contributed by atoms with Crippen LogP contribution in [0.4, 0.5) is 0 Å². The SMILES string of the molecule is Cc1ccc(SCCNS(=O)(=O)c2ccccc2Br)cc1. The second-order valence-electron chi connectivity index (χ2n) is 4.49. The van der Waals surface area contributed by atoms with E-state index >= 15 is 0 Å². The summed E-state index contributed by atoms with van der Waals surface area (Å²) in [6.45, 7) is 2.43. The van der Waals surface area contributed by atoms with Crippen molar-refractivity contribution in [3.8, 4) is 0 Å². The first-order valence-electron chi connectivity index (χ1n) is 6.43. The molecule has 6 heteroatoms. The Bertz CT molecular complexity index is 700. The quantitative estimate of drug-likeness (QED) is 0.606. The Labute approximate surface area is 138 Å². The molecule has 0 amide bonds. The van der Waals surface area contributed by atoms with E-state index < -0.39 is 10.0 Å².